The second kappa shape index (κ2) is 6.96. The molecule has 0 radical (unpaired) electrons. The monoisotopic (exact) mass is 261 g/mol. The molecule has 1 aromatic heterocycles. The van der Waals surface area contributed by atoms with Crippen molar-refractivity contribution in [3.05, 3.63) is 16.6 Å². The van der Waals surface area contributed by atoms with Gasteiger partial charge in [0.25, 0.3) is 0 Å². The van der Waals surface area contributed by atoms with E-state index in [0.717, 1.165) is 25.9 Å². The largest absolute Gasteiger partial charge is 0.317 e. The molecular weight excluding hydrogens is 246 g/mol. The van der Waals surface area contributed by atoms with Gasteiger partial charge >= 0.3 is 0 Å². The molecule has 1 aliphatic rings. The number of Topliss-reactive ketones (excluding diaryl/α,β-unsaturated/α-hetero) is 1. The topological polar surface area (TPSA) is 54.0 Å². The van der Waals surface area contributed by atoms with E-state index < -0.39 is 0 Å². The van der Waals surface area contributed by atoms with Crippen molar-refractivity contribution in [3.63, 3.8) is 0 Å². The normalized spacial score (nSPS) is 16.8. The van der Waals surface area contributed by atoms with Crippen LogP contribution in [-0.2, 0) is 0 Å². The molecule has 2 heterocycles. The number of halogens is 1. The molecule has 0 unspecified atom stereocenters. The second-order valence-corrected chi connectivity index (χ2v) is 4.56. The van der Waals surface area contributed by atoms with E-state index in [1.165, 1.54) is 11.3 Å². The van der Waals surface area contributed by atoms with Gasteiger partial charge in [0.15, 0.2) is 5.01 Å². The standard InChI is InChI=1S/C10H15N3OS.ClH/c14-9(10-12-5-6-15-10)7-13-8-1-3-11-4-2-8;/h5-6,8,11,13H,1-4,7H2;1H. The van der Waals surface area contributed by atoms with Gasteiger partial charge in [0, 0.05) is 17.6 Å². The lowest BCUT2D eigenvalue weighted by Gasteiger charge is -2.23. The minimum atomic E-state index is 0. The summed E-state index contributed by atoms with van der Waals surface area (Å²) in [7, 11) is 0. The van der Waals surface area contributed by atoms with Crippen molar-refractivity contribution in [2.75, 3.05) is 19.6 Å². The molecular formula is C10H16ClN3OS. The molecule has 0 aromatic carbocycles. The van der Waals surface area contributed by atoms with Crippen LogP contribution in [0.2, 0.25) is 0 Å². The van der Waals surface area contributed by atoms with Crippen LogP contribution in [-0.4, -0.2) is 36.4 Å². The molecule has 1 aliphatic heterocycles. The van der Waals surface area contributed by atoms with Crippen molar-refractivity contribution in [3.8, 4) is 0 Å². The first-order valence-corrected chi connectivity index (χ1v) is 6.11. The zero-order valence-corrected chi connectivity index (χ0v) is 10.6. The number of nitrogens with one attached hydrogen (secondary N) is 2. The fourth-order valence-electron chi connectivity index (χ4n) is 1.70. The van der Waals surface area contributed by atoms with Crippen LogP contribution in [0.4, 0.5) is 0 Å². The number of ketones is 1. The zero-order chi connectivity index (χ0) is 10.5. The Morgan fingerprint density at radius 2 is 2.31 bits per heavy atom. The van der Waals surface area contributed by atoms with Gasteiger partial charge in [0.05, 0.1) is 6.54 Å². The average Bonchev–Trinajstić information content (AvgIpc) is 2.81. The van der Waals surface area contributed by atoms with Crippen molar-refractivity contribution in [2.45, 2.75) is 18.9 Å². The molecule has 0 aliphatic carbocycles. The first-order chi connectivity index (χ1) is 7.36. The van der Waals surface area contributed by atoms with Crippen molar-refractivity contribution in [2.24, 2.45) is 0 Å². The maximum Gasteiger partial charge on any atom is 0.205 e. The van der Waals surface area contributed by atoms with E-state index in [4.69, 9.17) is 0 Å². The summed E-state index contributed by atoms with van der Waals surface area (Å²) in [5.74, 6) is 0.100. The van der Waals surface area contributed by atoms with Gasteiger partial charge in [0.1, 0.15) is 0 Å². The highest BCUT2D eigenvalue weighted by atomic mass is 35.5. The summed E-state index contributed by atoms with van der Waals surface area (Å²) in [5, 5.41) is 9.02. The summed E-state index contributed by atoms with van der Waals surface area (Å²) < 4.78 is 0. The molecule has 1 fully saturated rings. The molecule has 4 nitrogen and oxygen atoms in total. The predicted octanol–water partition coefficient (Wildman–Crippen LogP) is 1.09. The van der Waals surface area contributed by atoms with Crippen molar-refractivity contribution >= 4 is 29.5 Å². The van der Waals surface area contributed by atoms with E-state index in [2.05, 4.69) is 15.6 Å². The molecule has 16 heavy (non-hydrogen) atoms. The van der Waals surface area contributed by atoms with Crippen LogP contribution < -0.4 is 10.6 Å². The van der Waals surface area contributed by atoms with Crippen LogP contribution in [0.1, 0.15) is 22.6 Å². The predicted molar refractivity (Wildman–Crippen MR) is 67.6 cm³/mol. The van der Waals surface area contributed by atoms with Gasteiger partial charge in [-0.2, -0.15) is 0 Å². The number of aromatic nitrogens is 1. The van der Waals surface area contributed by atoms with Crippen LogP contribution in [0.5, 0.6) is 0 Å². The summed E-state index contributed by atoms with van der Waals surface area (Å²) >= 11 is 1.40. The highest BCUT2D eigenvalue weighted by molar-refractivity contribution is 7.11. The molecule has 0 amide bonds. The Bertz CT molecular complexity index is 312. The van der Waals surface area contributed by atoms with Crippen molar-refractivity contribution in [1.82, 2.24) is 15.6 Å². The highest BCUT2D eigenvalue weighted by Crippen LogP contribution is 2.06. The molecule has 0 bridgehead atoms. The van der Waals surface area contributed by atoms with Gasteiger partial charge in [-0.25, -0.2) is 4.98 Å². The number of carbonyl (C=O) groups is 1. The van der Waals surface area contributed by atoms with E-state index >= 15 is 0 Å². The zero-order valence-electron chi connectivity index (χ0n) is 8.94. The maximum absolute atomic E-state index is 11.6. The molecule has 90 valence electrons. The number of rotatable bonds is 4. The average molecular weight is 262 g/mol. The number of nitrogens with zero attached hydrogens (tertiary/aromatic N) is 1. The summed E-state index contributed by atoms with van der Waals surface area (Å²) in [4.78, 5) is 15.6. The fraction of sp³-hybridized carbons (Fsp3) is 0.600. The summed E-state index contributed by atoms with van der Waals surface area (Å²) in [5.41, 5.74) is 0. The Labute approximate surface area is 105 Å². The van der Waals surface area contributed by atoms with Gasteiger partial charge in [-0.3, -0.25) is 4.79 Å². The van der Waals surface area contributed by atoms with Gasteiger partial charge in [0.2, 0.25) is 5.78 Å². The molecule has 1 saturated heterocycles. The molecule has 0 spiro atoms. The summed E-state index contributed by atoms with van der Waals surface area (Å²) in [6.07, 6.45) is 3.87. The lowest BCUT2D eigenvalue weighted by molar-refractivity contribution is 0.0985. The van der Waals surface area contributed by atoms with Crippen LogP contribution in [0.25, 0.3) is 0 Å². The number of carbonyl (C=O) groups excluding carboxylic acids is 1. The van der Waals surface area contributed by atoms with Crippen LogP contribution in [0, 0.1) is 0 Å². The van der Waals surface area contributed by atoms with Gasteiger partial charge in [-0.05, 0) is 25.9 Å². The minimum absolute atomic E-state index is 0. The SMILES string of the molecule is Cl.O=C(CNC1CCNCC1)c1nccs1. The Kier molecular flexibility index (Phi) is 5.90. The molecule has 0 atom stereocenters. The lowest BCUT2D eigenvalue weighted by Crippen LogP contribution is -2.41. The molecule has 2 rings (SSSR count). The molecule has 2 N–H and O–H groups in total. The first kappa shape index (κ1) is 13.6. The number of hydrogen-bond acceptors (Lipinski definition) is 5. The highest BCUT2D eigenvalue weighted by Gasteiger charge is 2.14. The van der Waals surface area contributed by atoms with Crippen molar-refractivity contribution in [1.29, 1.82) is 0 Å². The van der Waals surface area contributed by atoms with E-state index in [9.17, 15) is 4.79 Å². The van der Waals surface area contributed by atoms with Gasteiger partial charge < -0.3 is 10.6 Å². The van der Waals surface area contributed by atoms with E-state index in [1.54, 1.807) is 6.20 Å². The van der Waals surface area contributed by atoms with Crippen molar-refractivity contribution < 1.29 is 4.79 Å². The Morgan fingerprint density at radius 3 is 2.94 bits per heavy atom. The number of piperidine rings is 1. The third-order valence-electron chi connectivity index (χ3n) is 2.56. The van der Waals surface area contributed by atoms with E-state index in [0.29, 0.717) is 17.6 Å². The Hall–Kier alpha value is -0.490. The third kappa shape index (κ3) is 3.83. The van der Waals surface area contributed by atoms with Crippen LogP contribution >= 0.6 is 23.7 Å². The second-order valence-electron chi connectivity index (χ2n) is 3.67. The Balaban J connectivity index is 0.00000128. The van der Waals surface area contributed by atoms with Gasteiger partial charge in [-0.1, -0.05) is 0 Å². The smallest absolute Gasteiger partial charge is 0.205 e. The summed E-state index contributed by atoms with van der Waals surface area (Å²) in [6.45, 7) is 2.50. The quantitative estimate of drug-likeness (QED) is 0.797. The number of hydrogen-bond donors (Lipinski definition) is 2. The van der Waals surface area contributed by atoms with Crippen LogP contribution in [0.3, 0.4) is 0 Å². The molecule has 1 aromatic rings. The number of thiazole rings is 1. The fourth-order valence-corrected chi connectivity index (χ4v) is 2.28. The Morgan fingerprint density at radius 1 is 1.56 bits per heavy atom. The maximum atomic E-state index is 11.6. The minimum Gasteiger partial charge on any atom is -0.317 e. The van der Waals surface area contributed by atoms with E-state index in [1.807, 2.05) is 5.38 Å². The van der Waals surface area contributed by atoms with E-state index in [-0.39, 0.29) is 18.2 Å². The van der Waals surface area contributed by atoms with Gasteiger partial charge in [-0.15, -0.1) is 23.7 Å². The molecule has 0 saturated carbocycles. The lowest BCUT2D eigenvalue weighted by atomic mass is 10.1. The first-order valence-electron chi connectivity index (χ1n) is 5.23. The van der Waals surface area contributed by atoms with Crippen LogP contribution in [0.15, 0.2) is 11.6 Å². The summed E-state index contributed by atoms with van der Waals surface area (Å²) in [6, 6.07) is 0.482. The third-order valence-corrected chi connectivity index (χ3v) is 3.38. The molecule has 6 heteroatoms.